The van der Waals surface area contributed by atoms with Gasteiger partial charge in [-0.3, -0.25) is 0 Å². The summed E-state index contributed by atoms with van der Waals surface area (Å²) < 4.78 is 20.6. The number of aryl methyl sites for hydroxylation is 1. The summed E-state index contributed by atoms with van der Waals surface area (Å²) in [6.07, 6.45) is 0.962. The van der Waals surface area contributed by atoms with E-state index in [0.717, 1.165) is 27.8 Å². The van der Waals surface area contributed by atoms with Gasteiger partial charge in [0.15, 0.2) is 0 Å². The standard InChI is InChI=1S/C17H17Br2FO/c1-3-8-21-16-7-5-12(10-14(16)18)17(19)13-6-4-11(2)9-15(13)20/h4-7,9-10,17H,3,8H2,1-2H3. The lowest BCUT2D eigenvalue weighted by molar-refractivity contribution is 0.315. The second-order valence-electron chi connectivity index (χ2n) is 4.93. The number of hydrogen-bond donors (Lipinski definition) is 0. The molecule has 0 amide bonds. The Morgan fingerprint density at radius 2 is 1.95 bits per heavy atom. The maximum Gasteiger partial charge on any atom is 0.133 e. The van der Waals surface area contributed by atoms with Crippen LogP contribution in [0.2, 0.25) is 0 Å². The molecule has 0 bridgehead atoms. The maximum absolute atomic E-state index is 14.1. The first kappa shape index (κ1) is 16.5. The molecule has 0 heterocycles. The van der Waals surface area contributed by atoms with Gasteiger partial charge in [0.25, 0.3) is 0 Å². The molecule has 0 fully saturated rings. The molecule has 0 saturated heterocycles. The molecular weight excluding hydrogens is 399 g/mol. The van der Waals surface area contributed by atoms with E-state index in [4.69, 9.17) is 4.74 Å². The molecule has 0 radical (unpaired) electrons. The molecule has 2 rings (SSSR count). The monoisotopic (exact) mass is 414 g/mol. The molecule has 1 nitrogen and oxygen atoms in total. The zero-order valence-corrected chi connectivity index (χ0v) is 15.2. The van der Waals surface area contributed by atoms with E-state index in [1.54, 1.807) is 6.07 Å². The third kappa shape index (κ3) is 4.07. The van der Waals surface area contributed by atoms with Gasteiger partial charge in [-0.1, -0.05) is 41.1 Å². The number of rotatable bonds is 5. The molecule has 0 aliphatic carbocycles. The summed E-state index contributed by atoms with van der Waals surface area (Å²) >= 11 is 7.09. The highest BCUT2D eigenvalue weighted by Gasteiger charge is 2.16. The van der Waals surface area contributed by atoms with Crippen LogP contribution in [-0.4, -0.2) is 6.61 Å². The summed E-state index contributed by atoms with van der Waals surface area (Å²) in [5.74, 6) is 0.615. The minimum Gasteiger partial charge on any atom is -0.492 e. The van der Waals surface area contributed by atoms with E-state index in [1.807, 2.05) is 37.3 Å². The third-order valence-electron chi connectivity index (χ3n) is 3.14. The number of ether oxygens (including phenoxy) is 1. The zero-order chi connectivity index (χ0) is 15.4. The van der Waals surface area contributed by atoms with Gasteiger partial charge in [-0.2, -0.15) is 0 Å². The average Bonchev–Trinajstić information content (AvgIpc) is 2.45. The SMILES string of the molecule is CCCOc1ccc(C(Br)c2ccc(C)cc2F)cc1Br. The fraction of sp³-hybridized carbons (Fsp3) is 0.294. The van der Waals surface area contributed by atoms with Crippen LogP contribution in [-0.2, 0) is 0 Å². The van der Waals surface area contributed by atoms with Gasteiger partial charge in [0.05, 0.1) is 15.9 Å². The van der Waals surface area contributed by atoms with Gasteiger partial charge in [0.1, 0.15) is 11.6 Å². The molecule has 2 aromatic carbocycles. The van der Waals surface area contributed by atoms with Crippen molar-refractivity contribution in [2.45, 2.75) is 25.1 Å². The van der Waals surface area contributed by atoms with Crippen LogP contribution >= 0.6 is 31.9 Å². The van der Waals surface area contributed by atoms with Crippen LogP contribution in [0.4, 0.5) is 4.39 Å². The van der Waals surface area contributed by atoms with E-state index in [0.29, 0.717) is 12.2 Å². The van der Waals surface area contributed by atoms with Crippen molar-refractivity contribution in [3.8, 4) is 5.75 Å². The van der Waals surface area contributed by atoms with Crippen LogP contribution < -0.4 is 4.74 Å². The van der Waals surface area contributed by atoms with Gasteiger partial charge < -0.3 is 4.74 Å². The smallest absolute Gasteiger partial charge is 0.133 e. The lowest BCUT2D eigenvalue weighted by Gasteiger charge is -2.14. The fourth-order valence-electron chi connectivity index (χ4n) is 2.02. The molecule has 21 heavy (non-hydrogen) atoms. The van der Waals surface area contributed by atoms with Crippen LogP contribution in [0.3, 0.4) is 0 Å². The molecule has 0 aromatic heterocycles. The first-order valence-corrected chi connectivity index (χ1v) is 8.56. The first-order chi connectivity index (χ1) is 10.0. The molecule has 0 aliphatic rings. The minimum atomic E-state index is -0.195. The summed E-state index contributed by atoms with van der Waals surface area (Å²) in [4.78, 5) is -0.186. The molecule has 4 heteroatoms. The second-order valence-corrected chi connectivity index (χ2v) is 6.70. The van der Waals surface area contributed by atoms with Crippen molar-refractivity contribution < 1.29 is 9.13 Å². The van der Waals surface area contributed by atoms with E-state index in [9.17, 15) is 4.39 Å². The Balaban J connectivity index is 2.27. The van der Waals surface area contributed by atoms with E-state index >= 15 is 0 Å². The van der Waals surface area contributed by atoms with Crippen LogP contribution in [0.25, 0.3) is 0 Å². The van der Waals surface area contributed by atoms with Crippen LogP contribution in [0.5, 0.6) is 5.75 Å². The molecule has 0 aliphatic heterocycles. The van der Waals surface area contributed by atoms with E-state index < -0.39 is 0 Å². The lowest BCUT2D eigenvalue weighted by Crippen LogP contribution is -1.99. The summed E-state index contributed by atoms with van der Waals surface area (Å²) in [7, 11) is 0. The van der Waals surface area contributed by atoms with Crippen molar-refractivity contribution in [3.63, 3.8) is 0 Å². The third-order valence-corrected chi connectivity index (χ3v) is 4.78. The first-order valence-electron chi connectivity index (χ1n) is 6.85. The van der Waals surface area contributed by atoms with Crippen molar-refractivity contribution in [1.29, 1.82) is 0 Å². The van der Waals surface area contributed by atoms with E-state index in [-0.39, 0.29) is 10.6 Å². The Kier molecular flexibility index (Phi) is 5.82. The summed E-state index contributed by atoms with van der Waals surface area (Å²) in [6, 6.07) is 11.1. The quantitative estimate of drug-likeness (QED) is 0.530. The predicted octanol–water partition coefficient (Wildman–Crippen LogP) is 6.17. The molecule has 112 valence electrons. The second kappa shape index (κ2) is 7.41. The number of halogens is 3. The van der Waals surface area contributed by atoms with Gasteiger partial charge >= 0.3 is 0 Å². The zero-order valence-electron chi connectivity index (χ0n) is 12.0. The number of hydrogen-bond acceptors (Lipinski definition) is 1. The summed E-state index contributed by atoms with van der Waals surface area (Å²) in [5, 5.41) is 0. The van der Waals surface area contributed by atoms with Crippen molar-refractivity contribution in [2.75, 3.05) is 6.61 Å². The number of benzene rings is 2. The maximum atomic E-state index is 14.1. The van der Waals surface area contributed by atoms with Crippen molar-refractivity contribution in [1.82, 2.24) is 0 Å². The van der Waals surface area contributed by atoms with E-state index in [2.05, 4.69) is 38.8 Å². The molecule has 1 unspecified atom stereocenters. The highest BCUT2D eigenvalue weighted by molar-refractivity contribution is 9.10. The summed E-state index contributed by atoms with van der Waals surface area (Å²) in [6.45, 7) is 4.63. The summed E-state index contributed by atoms with van der Waals surface area (Å²) in [5.41, 5.74) is 2.53. The van der Waals surface area contributed by atoms with Gasteiger partial charge in [-0.15, -0.1) is 0 Å². The Bertz CT molecular complexity index is 628. The van der Waals surface area contributed by atoms with Crippen molar-refractivity contribution in [3.05, 3.63) is 63.4 Å². The molecule has 1 atom stereocenters. The van der Waals surface area contributed by atoms with Gasteiger partial charge in [-0.05, 0) is 58.6 Å². The molecule has 2 aromatic rings. The Morgan fingerprint density at radius 3 is 2.57 bits per heavy atom. The lowest BCUT2D eigenvalue weighted by atomic mass is 10.0. The van der Waals surface area contributed by atoms with Gasteiger partial charge in [0.2, 0.25) is 0 Å². The van der Waals surface area contributed by atoms with Crippen LogP contribution in [0.15, 0.2) is 40.9 Å². The van der Waals surface area contributed by atoms with E-state index in [1.165, 1.54) is 0 Å². The average molecular weight is 416 g/mol. The Morgan fingerprint density at radius 1 is 1.19 bits per heavy atom. The van der Waals surface area contributed by atoms with Crippen LogP contribution in [0, 0.1) is 12.7 Å². The Labute approximate surface area is 141 Å². The molecule has 0 saturated carbocycles. The number of alkyl halides is 1. The molecule has 0 N–H and O–H groups in total. The van der Waals surface area contributed by atoms with Crippen molar-refractivity contribution in [2.24, 2.45) is 0 Å². The topological polar surface area (TPSA) is 9.23 Å². The highest BCUT2D eigenvalue weighted by atomic mass is 79.9. The normalized spacial score (nSPS) is 12.2. The van der Waals surface area contributed by atoms with Crippen molar-refractivity contribution >= 4 is 31.9 Å². The largest absolute Gasteiger partial charge is 0.492 e. The van der Waals surface area contributed by atoms with Crippen LogP contribution in [0.1, 0.15) is 34.9 Å². The molecule has 0 spiro atoms. The highest BCUT2D eigenvalue weighted by Crippen LogP contribution is 2.36. The predicted molar refractivity (Wildman–Crippen MR) is 91.8 cm³/mol. The van der Waals surface area contributed by atoms with Gasteiger partial charge in [-0.25, -0.2) is 4.39 Å². The minimum absolute atomic E-state index is 0.186. The molecular formula is C17H17Br2FO. The van der Waals surface area contributed by atoms with Gasteiger partial charge in [0, 0.05) is 5.56 Å². The Hall–Kier alpha value is -0.870. The fourth-order valence-corrected chi connectivity index (χ4v) is 3.19.